The quantitative estimate of drug-likeness (QED) is 0.691. The predicted molar refractivity (Wildman–Crippen MR) is 57.7 cm³/mol. The lowest BCUT2D eigenvalue weighted by Gasteiger charge is -2.20. The van der Waals surface area contributed by atoms with Crippen LogP contribution in [0.15, 0.2) is 6.20 Å². The van der Waals surface area contributed by atoms with Crippen LogP contribution in [0.4, 0.5) is 0 Å². The first-order valence-corrected chi connectivity index (χ1v) is 5.50. The van der Waals surface area contributed by atoms with Crippen LogP contribution in [0.5, 0.6) is 0 Å². The van der Waals surface area contributed by atoms with E-state index >= 15 is 0 Å². The number of hydrogen-bond acceptors (Lipinski definition) is 3. The van der Waals surface area contributed by atoms with Gasteiger partial charge in [-0.15, -0.1) is 0 Å². The van der Waals surface area contributed by atoms with Crippen molar-refractivity contribution in [1.82, 2.24) is 9.97 Å². The third-order valence-electron chi connectivity index (χ3n) is 2.92. The van der Waals surface area contributed by atoms with Crippen LogP contribution >= 0.6 is 0 Å². The summed E-state index contributed by atoms with van der Waals surface area (Å²) in [6, 6.07) is 0. The number of nitrogens with zero attached hydrogens (tertiary/aromatic N) is 2. The second-order valence-corrected chi connectivity index (χ2v) is 4.49. The zero-order valence-electron chi connectivity index (χ0n) is 9.23. The van der Waals surface area contributed by atoms with Crippen molar-refractivity contribution in [2.24, 2.45) is 5.92 Å². The van der Waals surface area contributed by atoms with E-state index in [1.54, 1.807) is 0 Å². The lowest BCUT2D eigenvalue weighted by Crippen LogP contribution is -2.18. The predicted octanol–water partition coefficient (Wildman–Crippen LogP) is 1.90. The lowest BCUT2D eigenvalue weighted by molar-refractivity contribution is -0.111. The molecule has 0 aliphatic heterocycles. The Bertz CT molecular complexity index is 374. The zero-order chi connectivity index (χ0) is 10.8. The van der Waals surface area contributed by atoms with Crippen LogP contribution < -0.4 is 0 Å². The maximum absolute atomic E-state index is 10.7. The molecule has 80 valence electrons. The third kappa shape index (κ3) is 2.06. The molecule has 0 fully saturated rings. The molecule has 0 spiro atoms. The minimum absolute atomic E-state index is 0.172. The minimum Gasteiger partial charge on any atom is -0.303 e. The molecule has 1 aliphatic carbocycles. The Balaban J connectivity index is 2.28. The number of aldehydes is 1. The first-order valence-electron chi connectivity index (χ1n) is 5.50. The highest BCUT2D eigenvalue weighted by Crippen LogP contribution is 2.23. The summed E-state index contributed by atoms with van der Waals surface area (Å²) in [7, 11) is 0. The molecule has 0 radical (unpaired) electrons. The smallest absolute Gasteiger partial charge is 0.131 e. The highest BCUT2D eigenvalue weighted by atomic mass is 16.1. The molecule has 0 amide bonds. The molecule has 0 aromatic carbocycles. The van der Waals surface area contributed by atoms with Gasteiger partial charge in [0.25, 0.3) is 0 Å². The number of fused-ring (bicyclic) bond motifs is 1. The average molecular weight is 204 g/mol. The van der Waals surface area contributed by atoms with Gasteiger partial charge in [-0.3, -0.25) is 0 Å². The Kier molecular flexibility index (Phi) is 2.80. The molecule has 0 saturated heterocycles. The fourth-order valence-electron chi connectivity index (χ4n) is 1.95. The van der Waals surface area contributed by atoms with E-state index in [0.29, 0.717) is 5.92 Å². The second-order valence-electron chi connectivity index (χ2n) is 4.49. The van der Waals surface area contributed by atoms with Crippen molar-refractivity contribution in [3.05, 3.63) is 23.3 Å². The first-order chi connectivity index (χ1) is 7.20. The molecule has 15 heavy (non-hydrogen) atoms. The van der Waals surface area contributed by atoms with Crippen LogP contribution in [-0.2, 0) is 17.6 Å². The monoisotopic (exact) mass is 204 g/mol. The highest BCUT2D eigenvalue weighted by molar-refractivity contribution is 5.55. The topological polar surface area (TPSA) is 42.9 Å². The van der Waals surface area contributed by atoms with Gasteiger partial charge in [0.2, 0.25) is 0 Å². The summed E-state index contributed by atoms with van der Waals surface area (Å²) >= 11 is 0. The van der Waals surface area contributed by atoms with Gasteiger partial charge in [0.05, 0.1) is 0 Å². The van der Waals surface area contributed by atoms with E-state index < -0.39 is 0 Å². The molecule has 1 aromatic heterocycles. The molecule has 1 aromatic rings. The summed E-state index contributed by atoms with van der Waals surface area (Å²) in [5.74, 6) is 1.46. The second kappa shape index (κ2) is 4.09. The van der Waals surface area contributed by atoms with Gasteiger partial charge >= 0.3 is 0 Å². The molecule has 2 rings (SSSR count). The maximum Gasteiger partial charge on any atom is 0.131 e. The summed E-state index contributed by atoms with van der Waals surface area (Å²) in [5.41, 5.74) is 2.30. The molecule has 3 heteroatoms. The van der Waals surface area contributed by atoms with E-state index in [1.165, 1.54) is 0 Å². The van der Waals surface area contributed by atoms with Crippen LogP contribution in [0.2, 0.25) is 0 Å². The Morgan fingerprint density at radius 3 is 3.00 bits per heavy atom. The Morgan fingerprint density at radius 2 is 2.33 bits per heavy atom. The van der Waals surface area contributed by atoms with Crippen molar-refractivity contribution in [1.29, 1.82) is 0 Å². The fraction of sp³-hybridized carbons (Fsp3) is 0.583. The Hall–Kier alpha value is -1.25. The molecule has 1 aliphatic rings. The van der Waals surface area contributed by atoms with Crippen LogP contribution in [0.25, 0.3) is 0 Å². The molecule has 0 bridgehead atoms. The molecule has 1 heterocycles. The summed E-state index contributed by atoms with van der Waals surface area (Å²) in [6.07, 6.45) is 5.62. The number of carbonyl (C=O) groups is 1. The number of aromatic nitrogens is 2. The summed E-state index contributed by atoms with van der Waals surface area (Å²) < 4.78 is 0. The van der Waals surface area contributed by atoms with Crippen molar-refractivity contribution >= 4 is 6.29 Å². The molecule has 1 unspecified atom stereocenters. The van der Waals surface area contributed by atoms with Gasteiger partial charge in [0, 0.05) is 23.7 Å². The average Bonchev–Trinajstić information content (AvgIpc) is 2.27. The molecule has 0 saturated carbocycles. The van der Waals surface area contributed by atoms with E-state index in [-0.39, 0.29) is 5.92 Å². The van der Waals surface area contributed by atoms with Gasteiger partial charge in [0.1, 0.15) is 12.1 Å². The van der Waals surface area contributed by atoms with Crippen molar-refractivity contribution in [2.75, 3.05) is 0 Å². The minimum atomic E-state index is 0.172. The molecule has 0 N–H and O–H groups in total. The van der Waals surface area contributed by atoms with Crippen molar-refractivity contribution in [3.63, 3.8) is 0 Å². The van der Waals surface area contributed by atoms with Crippen LogP contribution in [-0.4, -0.2) is 16.3 Å². The SMILES string of the molecule is CC(C)c1ncc2c(n1)CCC(C=O)C2. The highest BCUT2D eigenvalue weighted by Gasteiger charge is 2.20. The largest absolute Gasteiger partial charge is 0.303 e. The van der Waals surface area contributed by atoms with E-state index in [4.69, 9.17) is 0 Å². The molecule has 1 atom stereocenters. The normalized spacial score (nSPS) is 20.1. The van der Waals surface area contributed by atoms with E-state index in [1.807, 2.05) is 6.20 Å². The lowest BCUT2D eigenvalue weighted by atomic mass is 9.88. The van der Waals surface area contributed by atoms with Gasteiger partial charge < -0.3 is 4.79 Å². The van der Waals surface area contributed by atoms with E-state index in [2.05, 4.69) is 23.8 Å². The van der Waals surface area contributed by atoms with Crippen LogP contribution in [0, 0.1) is 5.92 Å². The van der Waals surface area contributed by atoms with E-state index in [9.17, 15) is 4.79 Å². The van der Waals surface area contributed by atoms with Crippen LogP contribution in [0.1, 0.15) is 43.3 Å². The standard InChI is InChI=1S/C12H16N2O/c1-8(2)12-13-6-10-5-9(7-15)3-4-11(10)14-12/h6-9H,3-5H2,1-2H3. The number of carbonyl (C=O) groups excluding carboxylic acids is 1. The first kappa shape index (κ1) is 10.3. The fourth-order valence-corrected chi connectivity index (χ4v) is 1.95. The van der Waals surface area contributed by atoms with Gasteiger partial charge in [-0.2, -0.15) is 0 Å². The molecular formula is C12H16N2O. The number of hydrogen-bond donors (Lipinski definition) is 0. The Morgan fingerprint density at radius 1 is 1.53 bits per heavy atom. The van der Waals surface area contributed by atoms with Crippen molar-refractivity contribution in [3.8, 4) is 0 Å². The number of aryl methyl sites for hydroxylation is 1. The maximum atomic E-state index is 10.7. The summed E-state index contributed by atoms with van der Waals surface area (Å²) in [6.45, 7) is 4.19. The zero-order valence-corrected chi connectivity index (χ0v) is 9.23. The van der Waals surface area contributed by atoms with Crippen molar-refractivity contribution < 1.29 is 4.79 Å². The van der Waals surface area contributed by atoms with Gasteiger partial charge in [0.15, 0.2) is 0 Å². The molecule has 3 nitrogen and oxygen atoms in total. The third-order valence-corrected chi connectivity index (χ3v) is 2.92. The van der Waals surface area contributed by atoms with Gasteiger partial charge in [-0.25, -0.2) is 9.97 Å². The van der Waals surface area contributed by atoms with E-state index in [0.717, 1.165) is 42.6 Å². The molecular weight excluding hydrogens is 188 g/mol. The van der Waals surface area contributed by atoms with Gasteiger partial charge in [-0.05, 0) is 24.8 Å². The van der Waals surface area contributed by atoms with Crippen molar-refractivity contribution in [2.45, 2.75) is 39.0 Å². The number of rotatable bonds is 2. The van der Waals surface area contributed by atoms with Gasteiger partial charge in [-0.1, -0.05) is 13.8 Å². The summed E-state index contributed by atoms with van der Waals surface area (Å²) in [4.78, 5) is 19.6. The van der Waals surface area contributed by atoms with Crippen LogP contribution in [0.3, 0.4) is 0 Å². The Labute approximate surface area is 89.9 Å². The summed E-state index contributed by atoms with van der Waals surface area (Å²) in [5, 5.41) is 0.